The van der Waals surface area contributed by atoms with E-state index >= 15 is 0 Å². The maximum Gasteiger partial charge on any atom is 0.229 e. The van der Waals surface area contributed by atoms with E-state index in [1.54, 1.807) is 13.9 Å². The van der Waals surface area contributed by atoms with Gasteiger partial charge in [0.1, 0.15) is 0 Å². The Balaban J connectivity index is 2.99. The van der Waals surface area contributed by atoms with Crippen LogP contribution in [0.15, 0.2) is 0 Å². The SMILES string of the molecule is C[B]C(=O)NC. The number of amides is 1. The summed E-state index contributed by atoms with van der Waals surface area (Å²) in [4.78, 5) is 10.0. The molecule has 0 atom stereocenters. The minimum absolute atomic E-state index is 0.0324. The number of hydrogen-bond acceptors (Lipinski definition) is 1. The molecule has 6 heavy (non-hydrogen) atoms. The number of carbonyl (C=O) groups excluding carboxylic acids is 1. The van der Waals surface area contributed by atoms with Crippen molar-refractivity contribution in [2.24, 2.45) is 0 Å². The van der Waals surface area contributed by atoms with Crippen LogP contribution in [-0.4, -0.2) is 20.1 Å². The summed E-state index contributed by atoms with van der Waals surface area (Å²) >= 11 is 0. The largest absolute Gasteiger partial charge is 0.368 e. The zero-order valence-electron chi connectivity index (χ0n) is 3.99. The highest BCUT2D eigenvalue weighted by molar-refractivity contribution is 6.72. The van der Waals surface area contributed by atoms with Crippen LogP contribution in [0, 0.1) is 0 Å². The van der Waals surface area contributed by atoms with Crippen LogP contribution in [0.2, 0.25) is 6.82 Å². The lowest BCUT2D eigenvalue weighted by Crippen LogP contribution is -2.19. The van der Waals surface area contributed by atoms with E-state index in [1.807, 2.05) is 0 Å². The van der Waals surface area contributed by atoms with Crippen LogP contribution in [0.3, 0.4) is 0 Å². The van der Waals surface area contributed by atoms with Crippen LogP contribution < -0.4 is 5.32 Å². The Morgan fingerprint density at radius 2 is 2.33 bits per heavy atom. The molecule has 1 radical (unpaired) electrons. The first kappa shape index (κ1) is 5.53. The minimum Gasteiger partial charge on any atom is -0.368 e. The molecule has 0 bridgehead atoms. The third kappa shape index (κ3) is 1.82. The molecule has 0 fully saturated rings. The van der Waals surface area contributed by atoms with E-state index in [0.717, 1.165) is 0 Å². The molecule has 2 nitrogen and oxygen atoms in total. The Morgan fingerprint density at radius 1 is 1.83 bits per heavy atom. The van der Waals surface area contributed by atoms with Gasteiger partial charge in [0.05, 0.1) is 0 Å². The van der Waals surface area contributed by atoms with E-state index in [1.165, 1.54) is 7.28 Å². The first-order chi connectivity index (χ1) is 2.81. The van der Waals surface area contributed by atoms with Crippen LogP contribution in [0.4, 0.5) is 4.79 Å². The third-order valence-electron chi connectivity index (χ3n) is 0.509. The van der Waals surface area contributed by atoms with E-state index in [-0.39, 0.29) is 5.81 Å². The first-order valence-electron chi connectivity index (χ1n) is 1.82. The third-order valence-corrected chi connectivity index (χ3v) is 0.509. The van der Waals surface area contributed by atoms with Crippen molar-refractivity contribution in [3.05, 3.63) is 0 Å². The van der Waals surface area contributed by atoms with Crippen LogP contribution >= 0.6 is 0 Å². The van der Waals surface area contributed by atoms with Gasteiger partial charge in [-0.15, -0.1) is 0 Å². The molecule has 33 valence electrons. The van der Waals surface area contributed by atoms with Gasteiger partial charge in [0.15, 0.2) is 5.81 Å². The Kier molecular flexibility index (Phi) is 2.54. The molecule has 0 aromatic rings. The Hall–Kier alpha value is -0.465. The van der Waals surface area contributed by atoms with Gasteiger partial charge in [0, 0.05) is 7.05 Å². The molecule has 3 heteroatoms. The van der Waals surface area contributed by atoms with Gasteiger partial charge in [0.25, 0.3) is 0 Å². The lowest BCUT2D eigenvalue weighted by molar-refractivity contribution is 0.261. The summed E-state index contributed by atoms with van der Waals surface area (Å²) in [7, 11) is 3.07. The molecule has 0 saturated carbocycles. The monoisotopic (exact) mass is 84.1 g/mol. The van der Waals surface area contributed by atoms with Crippen molar-refractivity contribution in [2.45, 2.75) is 6.82 Å². The fraction of sp³-hybridized carbons (Fsp3) is 0.667. The maximum absolute atomic E-state index is 10.0. The summed E-state index contributed by atoms with van der Waals surface area (Å²) in [5.74, 6) is -0.0324. The Morgan fingerprint density at radius 3 is 2.33 bits per heavy atom. The molecule has 0 aliphatic carbocycles. The second kappa shape index (κ2) is 2.76. The molecule has 1 N–H and O–H groups in total. The smallest absolute Gasteiger partial charge is 0.229 e. The van der Waals surface area contributed by atoms with Gasteiger partial charge in [-0.2, -0.15) is 0 Å². The highest BCUT2D eigenvalue weighted by Crippen LogP contribution is 1.58. The quantitative estimate of drug-likeness (QED) is 0.447. The number of nitrogens with one attached hydrogen (secondary N) is 1. The second-order valence-electron chi connectivity index (χ2n) is 0.903. The van der Waals surface area contributed by atoms with Crippen molar-refractivity contribution in [3.63, 3.8) is 0 Å². The molecule has 0 aliphatic heterocycles. The fourth-order valence-electron chi connectivity index (χ4n) is 0.144. The molecule has 1 amide bonds. The summed E-state index contributed by atoms with van der Waals surface area (Å²) in [6.45, 7) is 1.69. The molecule has 0 unspecified atom stereocenters. The van der Waals surface area contributed by atoms with Gasteiger partial charge < -0.3 is 5.32 Å². The average molecular weight is 83.9 g/mol. The summed E-state index contributed by atoms with van der Waals surface area (Å²) in [6, 6.07) is 0. The molecule has 0 rings (SSSR count). The lowest BCUT2D eigenvalue weighted by Gasteiger charge is -1.86. The van der Waals surface area contributed by atoms with E-state index < -0.39 is 0 Å². The molecular formula is C3H7BNO. The van der Waals surface area contributed by atoms with Crippen molar-refractivity contribution in [3.8, 4) is 0 Å². The van der Waals surface area contributed by atoms with Gasteiger partial charge in [-0.1, -0.05) is 6.82 Å². The first-order valence-corrected chi connectivity index (χ1v) is 1.82. The normalized spacial score (nSPS) is 7.00. The van der Waals surface area contributed by atoms with E-state index in [0.29, 0.717) is 0 Å². The molecule has 0 aromatic heterocycles. The van der Waals surface area contributed by atoms with Gasteiger partial charge in [-0.05, 0) is 0 Å². The van der Waals surface area contributed by atoms with Crippen molar-refractivity contribution in [1.29, 1.82) is 0 Å². The zero-order valence-corrected chi connectivity index (χ0v) is 3.99. The van der Waals surface area contributed by atoms with Crippen molar-refractivity contribution < 1.29 is 4.79 Å². The highest BCUT2D eigenvalue weighted by Gasteiger charge is 1.87. The van der Waals surface area contributed by atoms with Gasteiger partial charge >= 0.3 is 0 Å². The second-order valence-corrected chi connectivity index (χ2v) is 0.903. The summed E-state index contributed by atoms with van der Waals surface area (Å²) in [5.41, 5.74) is 0. The van der Waals surface area contributed by atoms with E-state index in [2.05, 4.69) is 5.32 Å². The van der Waals surface area contributed by atoms with E-state index in [9.17, 15) is 4.79 Å². The van der Waals surface area contributed by atoms with E-state index in [4.69, 9.17) is 0 Å². The van der Waals surface area contributed by atoms with Crippen molar-refractivity contribution >= 4 is 13.1 Å². The minimum atomic E-state index is -0.0324. The van der Waals surface area contributed by atoms with Crippen molar-refractivity contribution in [1.82, 2.24) is 5.32 Å². The number of hydrogen-bond donors (Lipinski definition) is 1. The Bertz CT molecular complexity index is 48.8. The Labute approximate surface area is 38.2 Å². The summed E-state index contributed by atoms with van der Waals surface area (Å²) < 4.78 is 0. The lowest BCUT2D eigenvalue weighted by atomic mass is 9.82. The van der Waals surface area contributed by atoms with Crippen molar-refractivity contribution in [2.75, 3.05) is 7.05 Å². The summed E-state index contributed by atoms with van der Waals surface area (Å²) in [6.07, 6.45) is 0. The van der Waals surface area contributed by atoms with Gasteiger partial charge in [-0.3, -0.25) is 4.79 Å². The van der Waals surface area contributed by atoms with Crippen LogP contribution in [0.5, 0.6) is 0 Å². The fourth-order valence-corrected chi connectivity index (χ4v) is 0.144. The van der Waals surface area contributed by atoms with Crippen LogP contribution in [0.1, 0.15) is 0 Å². The van der Waals surface area contributed by atoms with Crippen LogP contribution in [0.25, 0.3) is 0 Å². The number of rotatable bonds is 1. The number of carbonyl (C=O) groups is 1. The highest BCUT2D eigenvalue weighted by atomic mass is 16.1. The summed E-state index contributed by atoms with van der Waals surface area (Å²) in [5, 5.41) is 2.42. The van der Waals surface area contributed by atoms with Gasteiger partial charge in [-0.25, -0.2) is 0 Å². The molecular weight excluding hydrogens is 76.9 g/mol. The van der Waals surface area contributed by atoms with Gasteiger partial charge in [0.2, 0.25) is 7.28 Å². The maximum atomic E-state index is 10.0. The molecule has 0 saturated heterocycles. The average Bonchev–Trinajstić information content (AvgIpc) is 1.65. The molecule has 0 aliphatic rings. The topological polar surface area (TPSA) is 29.1 Å². The standard InChI is InChI=1S/C3H7BNO/c1-4-3(6)5-2/h1-2H3,(H,5,6). The molecule has 0 spiro atoms. The predicted octanol–water partition coefficient (Wildman–Crippen LogP) is 0.0781. The molecule has 0 heterocycles. The zero-order chi connectivity index (χ0) is 4.99. The van der Waals surface area contributed by atoms with Crippen LogP contribution in [-0.2, 0) is 0 Å². The molecule has 0 aromatic carbocycles. The predicted molar refractivity (Wildman–Crippen MR) is 26.1 cm³/mol.